The third-order valence-corrected chi connectivity index (χ3v) is 3.59. The zero-order valence-corrected chi connectivity index (χ0v) is 13.7. The third-order valence-electron chi connectivity index (χ3n) is 3.59. The van der Waals surface area contributed by atoms with E-state index in [0.29, 0.717) is 18.0 Å². The van der Waals surface area contributed by atoms with Crippen LogP contribution in [0.4, 0.5) is 5.82 Å². The summed E-state index contributed by atoms with van der Waals surface area (Å²) in [5.41, 5.74) is 2.44. The van der Waals surface area contributed by atoms with Gasteiger partial charge in [0.1, 0.15) is 5.75 Å². The number of hydrogen-bond acceptors (Lipinski definition) is 3. The lowest BCUT2D eigenvalue weighted by Crippen LogP contribution is -2.13. The predicted molar refractivity (Wildman–Crippen MR) is 93.9 cm³/mol. The molecule has 1 heterocycles. The minimum absolute atomic E-state index is 0.195. The maximum absolute atomic E-state index is 12.4. The van der Waals surface area contributed by atoms with Crippen LogP contribution in [0.25, 0.3) is 5.69 Å². The molecule has 0 aliphatic heterocycles. The first-order chi connectivity index (χ1) is 11.7. The molecule has 0 saturated carbocycles. The number of carbonyl (C=O) groups is 1. The summed E-state index contributed by atoms with van der Waals surface area (Å²) < 4.78 is 7.22. The summed E-state index contributed by atoms with van der Waals surface area (Å²) in [6, 6.07) is 16.9. The number of nitrogens with one attached hydrogen (secondary N) is 1. The van der Waals surface area contributed by atoms with Gasteiger partial charge in [-0.2, -0.15) is 5.10 Å². The van der Waals surface area contributed by atoms with E-state index in [0.717, 1.165) is 17.0 Å². The first-order valence-electron chi connectivity index (χ1n) is 7.83. The van der Waals surface area contributed by atoms with Gasteiger partial charge in [-0.3, -0.25) is 4.79 Å². The van der Waals surface area contributed by atoms with E-state index in [4.69, 9.17) is 4.74 Å². The summed E-state index contributed by atoms with van der Waals surface area (Å²) >= 11 is 0. The first-order valence-corrected chi connectivity index (χ1v) is 7.83. The molecule has 1 N–H and O–H groups in total. The highest BCUT2D eigenvalue weighted by atomic mass is 16.5. The van der Waals surface area contributed by atoms with Crippen LogP contribution in [0.2, 0.25) is 0 Å². The van der Waals surface area contributed by atoms with Crippen molar-refractivity contribution in [3.63, 3.8) is 0 Å². The van der Waals surface area contributed by atoms with Crippen LogP contribution in [0.1, 0.15) is 22.8 Å². The number of hydrogen-bond donors (Lipinski definition) is 1. The monoisotopic (exact) mass is 321 g/mol. The molecule has 122 valence electrons. The summed E-state index contributed by atoms with van der Waals surface area (Å²) in [5.74, 6) is 1.11. The Labute approximate surface area is 140 Å². The zero-order valence-electron chi connectivity index (χ0n) is 13.7. The number of aryl methyl sites for hydroxylation is 1. The fourth-order valence-corrected chi connectivity index (χ4v) is 2.41. The summed E-state index contributed by atoms with van der Waals surface area (Å²) in [5, 5.41) is 7.19. The van der Waals surface area contributed by atoms with Crippen molar-refractivity contribution in [2.24, 2.45) is 0 Å². The minimum atomic E-state index is -0.195. The molecule has 0 unspecified atom stereocenters. The highest BCUT2D eigenvalue weighted by Gasteiger charge is 2.10. The highest BCUT2D eigenvalue weighted by molar-refractivity contribution is 6.04. The minimum Gasteiger partial charge on any atom is -0.494 e. The average molecular weight is 321 g/mol. The van der Waals surface area contributed by atoms with Gasteiger partial charge in [0.2, 0.25) is 0 Å². The van der Waals surface area contributed by atoms with Gasteiger partial charge in [-0.25, -0.2) is 4.68 Å². The van der Waals surface area contributed by atoms with Crippen molar-refractivity contribution in [3.05, 3.63) is 71.9 Å². The molecule has 5 nitrogen and oxygen atoms in total. The topological polar surface area (TPSA) is 56.1 Å². The molecular weight excluding hydrogens is 302 g/mol. The van der Waals surface area contributed by atoms with Crippen molar-refractivity contribution in [3.8, 4) is 11.4 Å². The second-order valence-electron chi connectivity index (χ2n) is 5.35. The lowest BCUT2D eigenvalue weighted by molar-refractivity contribution is 0.102. The Balaban J connectivity index is 1.73. The van der Waals surface area contributed by atoms with Gasteiger partial charge in [-0.1, -0.05) is 18.2 Å². The van der Waals surface area contributed by atoms with Crippen molar-refractivity contribution in [2.75, 3.05) is 11.9 Å². The normalized spacial score (nSPS) is 10.4. The number of benzene rings is 2. The zero-order chi connectivity index (χ0) is 16.9. The standard InChI is InChI=1S/C19H19N3O2/c1-3-24-17-10-9-15(13-14(17)2)19(23)20-18-11-12-22(21-18)16-7-5-4-6-8-16/h4-13H,3H2,1-2H3,(H,20,21,23). The quantitative estimate of drug-likeness (QED) is 0.777. The van der Waals surface area contributed by atoms with Crippen molar-refractivity contribution < 1.29 is 9.53 Å². The van der Waals surface area contributed by atoms with Crippen molar-refractivity contribution >= 4 is 11.7 Å². The van der Waals surface area contributed by atoms with Crippen LogP contribution in [0, 0.1) is 6.92 Å². The lowest BCUT2D eigenvalue weighted by atomic mass is 10.1. The largest absolute Gasteiger partial charge is 0.494 e. The molecule has 3 aromatic rings. The van der Waals surface area contributed by atoms with E-state index in [9.17, 15) is 4.79 Å². The van der Waals surface area contributed by atoms with E-state index in [1.165, 1.54) is 0 Å². The second-order valence-corrected chi connectivity index (χ2v) is 5.35. The molecule has 3 rings (SSSR count). The average Bonchev–Trinajstić information content (AvgIpc) is 3.06. The fourth-order valence-electron chi connectivity index (χ4n) is 2.41. The summed E-state index contributed by atoms with van der Waals surface area (Å²) in [4.78, 5) is 12.4. The Morgan fingerprint density at radius 2 is 1.96 bits per heavy atom. The number of nitrogens with zero attached hydrogens (tertiary/aromatic N) is 2. The maximum Gasteiger partial charge on any atom is 0.256 e. The number of aromatic nitrogens is 2. The Morgan fingerprint density at radius 3 is 2.67 bits per heavy atom. The molecule has 0 fully saturated rings. The molecule has 0 radical (unpaired) electrons. The van der Waals surface area contributed by atoms with Gasteiger partial charge in [-0.15, -0.1) is 0 Å². The molecule has 0 spiro atoms. The second kappa shape index (κ2) is 7.00. The van der Waals surface area contributed by atoms with Crippen molar-refractivity contribution in [1.29, 1.82) is 0 Å². The molecule has 0 saturated heterocycles. The summed E-state index contributed by atoms with van der Waals surface area (Å²) in [6.45, 7) is 4.46. The Morgan fingerprint density at radius 1 is 1.17 bits per heavy atom. The van der Waals surface area contributed by atoms with Crippen LogP contribution in [0.15, 0.2) is 60.8 Å². The van der Waals surface area contributed by atoms with E-state index in [-0.39, 0.29) is 5.91 Å². The van der Waals surface area contributed by atoms with Gasteiger partial charge in [0.25, 0.3) is 5.91 Å². The first kappa shape index (κ1) is 15.8. The number of para-hydroxylation sites is 1. The SMILES string of the molecule is CCOc1ccc(C(=O)Nc2ccn(-c3ccccc3)n2)cc1C. The smallest absolute Gasteiger partial charge is 0.256 e. The number of anilines is 1. The molecule has 1 amide bonds. The number of rotatable bonds is 5. The van der Waals surface area contributed by atoms with Crippen molar-refractivity contribution in [1.82, 2.24) is 9.78 Å². The van der Waals surface area contributed by atoms with Crippen LogP contribution in [-0.4, -0.2) is 22.3 Å². The molecule has 0 aliphatic rings. The molecule has 5 heteroatoms. The lowest BCUT2D eigenvalue weighted by Gasteiger charge is -2.08. The van der Waals surface area contributed by atoms with Crippen molar-refractivity contribution in [2.45, 2.75) is 13.8 Å². The molecule has 1 aromatic heterocycles. The molecule has 0 atom stereocenters. The van der Waals surface area contributed by atoms with E-state index in [1.807, 2.05) is 62.5 Å². The van der Waals surface area contributed by atoms with E-state index in [1.54, 1.807) is 16.8 Å². The van der Waals surface area contributed by atoms with Crippen LogP contribution >= 0.6 is 0 Å². The number of carbonyl (C=O) groups excluding carboxylic acids is 1. The number of ether oxygens (including phenoxy) is 1. The van der Waals surface area contributed by atoms with Gasteiger partial charge in [0, 0.05) is 17.8 Å². The molecular formula is C19H19N3O2. The van der Waals surface area contributed by atoms with Crippen LogP contribution in [0.3, 0.4) is 0 Å². The Hall–Kier alpha value is -3.08. The third kappa shape index (κ3) is 3.46. The van der Waals surface area contributed by atoms with E-state index < -0.39 is 0 Å². The summed E-state index contributed by atoms with van der Waals surface area (Å²) in [7, 11) is 0. The number of amides is 1. The molecule has 0 bridgehead atoms. The van der Waals surface area contributed by atoms with E-state index in [2.05, 4.69) is 10.4 Å². The van der Waals surface area contributed by atoms with Gasteiger partial charge < -0.3 is 10.1 Å². The van der Waals surface area contributed by atoms with Gasteiger partial charge in [0.15, 0.2) is 5.82 Å². The van der Waals surface area contributed by atoms with Crippen LogP contribution < -0.4 is 10.1 Å². The van der Waals surface area contributed by atoms with Gasteiger partial charge >= 0.3 is 0 Å². The highest BCUT2D eigenvalue weighted by Crippen LogP contribution is 2.20. The van der Waals surface area contributed by atoms with Gasteiger partial charge in [-0.05, 0) is 49.7 Å². The fraction of sp³-hybridized carbons (Fsp3) is 0.158. The molecule has 2 aromatic carbocycles. The summed E-state index contributed by atoms with van der Waals surface area (Å²) in [6.07, 6.45) is 1.81. The van der Waals surface area contributed by atoms with Gasteiger partial charge in [0.05, 0.1) is 12.3 Å². The van der Waals surface area contributed by atoms with Crippen LogP contribution in [0.5, 0.6) is 5.75 Å². The molecule has 24 heavy (non-hydrogen) atoms. The maximum atomic E-state index is 12.4. The Bertz CT molecular complexity index is 841. The molecule has 0 aliphatic carbocycles. The predicted octanol–water partition coefficient (Wildman–Crippen LogP) is 3.83. The van der Waals surface area contributed by atoms with Crippen LogP contribution in [-0.2, 0) is 0 Å². The Kier molecular flexibility index (Phi) is 4.61. The van der Waals surface area contributed by atoms with E-state index >= 15 is 0 Å².